The predicted octanol–water partition coefficient (Wildman–Crippen LogP) is 3.92. The molecule has 0 saturated heterocycles. The van der Waals surface area contributed by atoms with Crippen molar-refractivity contribution < 1.29 is 18.7 Å². The molecule has 5 N–H and O–H groups in total. The number of nitrogens with two attached hydrogens (primary N) is 1. The van der Waals surface area contributed by atoms with Crippen LogP contribution in [0.15, 0.2) is 53.6 Å². The highest BCUT2D eigenvalue weighted by Crippen LogP contribution is 2.07. The van der Waals surface area contributed by atoms with Gasteiger partial charge in [0, 0.05) is 32.1 Å². The van der Waals surface area contributed by atoms with Gasteiger partial charge in [0.2, 0.25) is 5.91 Å². The van der Waals surface area contributed by atoms with Crippen molar-refractivity contribution >= 4 is 5.91 Å². The minimum absolute atomic E-state index is 0.0627. The van der Waals surface area contributed by atoms with Gasteiger partial charge in [-0.25, -0.2) is 8.78 Å². The molecule has 0 aliphatic carbocycles. The molecule has 0 bridgehead atoms. The Kier molecular flexibility index (Phi) is 16.9. The Morgan fingerprint density at radius 1 is 1.22 bits per heavy atom. The van der Waals surface area contributed by atoms with Crippen molar-refractivity contribution in [2.45, 2.75) is 53.1 Å². The summed E-state index contributed by atoms with van der Waals surface area (Å²) in [5.41, 5.74) is 8.43. The van der Waals surface area contributed by atoms with Gasteiger partial charge in [-0.05, 0) is 63.4 Å². The first-order valence-corrected chi connectivity index (χ1v) is 11.0. The molecule has 1 rings (SSSR count). The van der Waals surface area contributed by atoms with Gasteiger partial charge in [-0.1, -0.05) is 36.8 Å². The molecule has 0 spiro atoms. The van der Waals surface area contributed by atoms with Crippen LogP contribution in [0.5, 0.6) is 0 Å². The monoisotopic (exact) mass is 451 g/mol. The quantitative estimate of drug-likeness (QED) is 0.363. The maximum atomic E-state index is 12.2. The van der Waals surface area contributed by atoms with Crippen molar-refractivity contribution in [3.05, 3.63) is 70.8 Å². The minimum Gasteiger partial charge on any atom is -0.390 e. The van der Waals surface area contributed by atoms with E-state index in [1.165, 1.54) is 23.3 Å². The van der Waals surface area contributed by atoms with Crippen LogP contribution < -0.4 is 16.4 Å². The summed E-state index contributed by atoms with van der Waals surface area (Å²) in [4.78, 5) is 11.4. The van der Waals surface area contributed by atoms with Crippen LogP contribution in [0.1, 0.15) is 45.6 Å². The van der Waals surface area contributed by atoms with Crippen LogP contribution in [0.4, 0.5) is 8.78 Å². The standard InChI is InChI=1S/C18H33N3O2.C7H6F2/c1-4-6-8-16(5-2)11-15(3)12-20-13-17(22)14-21-18(23)9-7-10-19;1-5-2-6(8)4-7(9)3-5/h4,6,8,11,17,20,22H,5,7,9-10,12-14,19H2,1-3H3,(H,21,23);2-4H,1H3/b6-4-,15-11+,16-8-;. The number of halogens is 2. The molecule has 0 aliphatic rings. The number of amides is 1. The number of rotatable bonds is 12. The van der Waals surface area contributed by atoms with Gasteiger partial charge in [-0.2, -0.15) is 0 Å². The molecule has 0 fully saturated rings. The molecule has 5 nitrogen and oxygen atoms in total. The van der Waals surface area contributed by atoms with Crippen LogP contribution in [0.3, 0.4) is 0 Å². The summed E-state index contributed by atoms with van der Waals surface area (Å²) in [5, 5.41) is 15.7. The van der Waals surface area contributed by atoms with E-state index in [1.54, 1.807) is 6.92 Å². The topological polar surface area (TPSA) is 87.4 Å². The first-order chi connectivity index (χ1) is 15.2. The molecule has 1 aromatic carbocycles. The average molecular weight is 452 g/mol. The average Bonchev–Trinajstić information content (AvgIpc) is 2.73. The van der Waals surface area contributed by atoms with Gasteiger partial charge < -0.3 is 21.5 Å². The number of carbonyl (C=O) groups is 1. The molecule has 1 unspecified atom stereocenters. The van der Waals surface area contributed by atoms with E-state index >= 15 is 0 Å². The van der Waals surface area contributed by atoms with E-state index < -0.39 is 17.7 Å². The van der Waals surface area contributed by atoms with E-state index in [-0.39, 0.29) is 12.5 Å². The Labute approximate surface area is 191 Å². The van der Waals surface area contributed by atoms with Crippen molar-refractivity contribution in [3.63, 3.8) is 0 Å². The highest BCUT2D eigenvalue weighted by atomic mass is 19.1. The zero-order valence-electron chi connectivity index (χ0n) is 19.8. The number of allylic oxidation sites excluding steroid dienone is 5. The molecular formula is C25H39F2N3O2. The number of aliphatic hydroxyl groups excluding tert-OH is 1. The summed E-state index contributed by atoms with van der Waals surface area (Å²) in [6, 6.07) is 3.42. The van der Waals surface area contributed by atoms with Gasteiger partial charge >= 0.3 is 0 Å². The molecule has 32 heavy (non-hydrogen) atoms. The number of hydrogen-bond acceptors (Lipinski definition) is 4. The summed E-state index contributed by atoms with van der Waals surface area (Å²) in [6.45, 7) is 9.76. The SMILES string of the molecule is C\C=C/C=C(\C=C(/C)CNCC(O)CNC(=O)CCCN)CC.Cc1cc(F)cc(F)c1. The summed E-state index contributed by atoms with van der Waals surface area (Å²) in [7, 11) is 0. The number of benzene rings is 1. The molecule has 0 aliphatic heterocycles. The molecule has 0 saturated carbocycles. The molecule has 1 amide bonds. The Balaban J connectivity index is 0.000000879. The third-order valence-electron chi connectivity index (χ3n) is 4.28. The fraction of sp³-hybridized carbons (Fsp3) is 0.480. The van der Waals surface area contributed by atoms with Crippen molar-refractivity contribution in [3.8, 4) is 0 Å². The molecule has 0 aromatic heterocycles. The van der Waals surface area contributed by atoms with Gasteiger partial charge in [-0.15, -0.1) is 0 Å². The van der Waals surface area contributed by atoms with Gasteiger partial charge in [0.25, 0.3) is 0 Å². The lowest BCUT2D eigenvalue weighted by Gasteiger charge is -2.13. The fourth-order valence-electron chi connectivity index (χ4n) is 2.64. The minimum atomic E-state index is -0.589. The fourth-order valence-corrected chi connectivity index (χ4v) is 2.64. The molecule has 1 atom stereocenters. The van der Waals surface area contributed by atoms with Crippen molar-refractivity contribution in [1.82, 2.24) is 10.6 Å². The zero-order chi connectivity index (χ0) is 24.4. The van der Waals surface area contributed by atoms with E-state index in [1.807, 2.05) is 19.1 Å². The van der Waals surface area contributed by atoms with E-state index in [9.17, 15) is 18.7 Å². The Morgan fingerprint density at radius 3 is 2.41 bits per heavy atom. The molecule has 7 heteroatoms. The van der Waals surface area contributed by atoms with Gasteiger partial charge in [0.05, 0.1) is 6.10 Å². The summed E-state index contributed by atoms with van der Waals surface area (Å²) < 4.78 is 24.4. The van der Waals surface area contributed by atoms with Crippen LogP contribution in [-0.2, 0) is 4.79 Å². The summed E-state index contributed by atoms with van der Waals surface area (Å²) in [5.74, 6) is -1.10. The summed E-state index contributed by atoms with van der Waals surface area (Å²) >= 11 is 0. The Bertz CT molecular complexity index is 711. The number of aliphatic hydroxyl groups is 1. The molecule has 0 radical (unpaired) electrons. The first kappa shape index (κ1) is 29.7. The predicted molar refractivity (Wildman–Crippen MR) is 128 cm³/mol. The van der Waals surface area contributed by atoms with Gasteiger partial charge in [0.1, 0.15) is 11.6 Å². The van der Waals surface area contributed by atoms with Gasteiger partial charge in [-0.3, -0.25) is 4.79 Å². The number of hydrogen-bond donors (Lipinski definition) is 4. The Morgan fingerprint density at radius 2 is 1.88 bits per heavy atom. The van der Waals surface area contributed by atoms with E-state index in [0.717, 1.165) is 12.5 Å². The van der Waals surface area contributed by atoms with Crippen molar-refractivity contribution in [1.29, 1.82) is 0 Å². The second-order valence-electron chi connectivity index (χ2n) is 7.54. The molecule has 180 valence electrons. The molecule has 1 aromatic rings. The highest BCUT2D eigenvalue weighted by molar-refractivity contribution is 5.75. The Hall–Kier alpha value is -2.35. The summed E-state index contributed by atoms with van der Waals surface area (Å²) in [6.07, 6.45) is 9.79. The largest absolute Gasteiger partial charge is 0.390 e. The normalized spacial score (nSPS) is 13.0. The zero-order valence-corrected chi connectivity index (χ0v) is 19.8. The molecular weight excluding hydrogens is 412 g/mol. The van der Waals surface area contributed by atoms with Crippen LogP contribution in [-0.4, -0.2) is 43.3 Å². The van der Waals surface area contributed by atoms with Crippen LogP contribution >= 0.6 is 0 Å². The third-order valence-corrected chi connectivity index (χ3v) is 4.28. The lowest BCUT2D eigenvalue weighted by molar-refractivity contribution is -0.121. The first-order valence-electron chi connectivity index (χ1n) is 11.0. The highest BCUT2D eigenvalue weighted by Gasteiger charge is 2.06. The van der Waals surface area contributed by atoms with Crippen molar-refractivity contribution in [2.75, 3.05) is 26.2 Å². The number of nitrogens with one attached hydrogen (secondary N) is 2. The van der Waals surface area contributed by atoms with Crippen molar-refractivity contribution in [2.24, 2.45) is 5.73 Å². The lowest BCUT2D eigenvalue weighted by atomic mass is 10.1. The second-order valence-corrected chi connectivity index (χ2v) is 7.54. The third kappa shape index (κ3) is 16.4. The van der Waals surface area contributed by atoms with E-state index in [0.29, 0.717) is 38.0 Å². The smallest absolute Gasteiger partial charge is 0.220 e. The van der Waals surface area contributed by atoms with Crippen LogP contribution in [0.2, 0.25) is 0 Å². The van der Waals surface area contributed by atoms with E-state index in [2.05, 4.69) is 36.6 Å². The van der Waals surface area contributed by atoms with Crippen LogP contribution in [0, 0.1) is 18.6 Å². The lowest BCUT2D eigenvalue weighted by Crippen LogP contribution is -2.38. The maximum absolute atomic E-state index is 12.2. The second kappa shape index (κ2) is 18.2. The van der Waals surface area contributed by atoms with E-state index in [4.69, 9.17) is 5.73 Å². The van der Waals surface area contributed by atoms with Crippen LogP contribution in [0.25, 0.3) is 0 Å². The number of aryl methyl sites for hydroxylation is 1. The maximum Gasteiger partial charge on any atom is 0.220 e. The number of carbonyl (C=O) groups excluding carboxylic acids is 1. The van der Waals surface area contributed by atoms with Gasteiger partial charge in [0.15, 0.2) is 0 Å². The molecule has 0 heterocycles.